The third kappa shape index (κ3) is 2.83. The van der Waals surface area contributed by atoms with Gasteiger partial charge in [-0.2, -0.15) is 0 Å². The van der Waals surface area contributed by atoms with Crippen LogP contribution in [0.2, 0.25) is 0 Å². The lowest BCUT2D eigenvalue weighted by Gasteiger charge is -2.11. The fourth-order valence-corrected chi connectivity index (χ4v) is 1.61. The Hall–Kier alpha value is -2.53. The van der Waals surface area contributed by atoms with E-state index in [2.05, 4.69) is 0 Å². The summed E-state index contributed by atoms with van der Waals surface area (Å²) in [4.78, 5) is 10.9. The van der Waals surface area contributed by atoms with E-state index in [4.69, 9.17) is 15.6 Å². The highest BCUT2D eigenvalue weighted by Gasteiger charge is 2.10. The summed E-state index contributed by atoms with van der Waals surface area (Å²) in [5.74, 6) is -0.361. The standard InChI is InChI=1S/C14H13NO4/c15-11-6-5-9(14(17)18)7-13(11)19-12-4-2-1-3-10(12)8-16/h1-7,16H,8,15H2,(H,17,18). The van der Waals surface area contributed by atoms with Crippen molar-refractivity contribution in [3.63, 3.8) is 0 Å². The number of carboxylic acid groups (broad SMARTS) is 1. The van der Waals surface area contributed by atoms with Gasteiger partial charge in [0.2, 0.25) is 0 Å². The molecule has 0 atom stereocenters. The maximum absolute atomic E-state index is 10.9. The third-order valence-corrected chi connectivity index (χ3v) is 2.62. The number of hydrogen-bond acceptors (Lipinski definition) is 4. The Morgan fingerprint density at radius 3 is 2.58 bits per heavy atom. The number of aliphatic hydroxyl groups excluding tert-OH is 1. The number of nitrogens with two attached hydrogens (primary N) is 1. The largest absolute Gasteiger partial charge is 0.478 e. The third-order valence-electron chi connectivity index (χ3n) is 2.62. The fourth-order valence-electron chi connectivity index (χ4n) is 1.61. The molecule has 0 fully saturated rings. The zero-order valence-electron chi connectivity index (χ0n) is 10.0. The van der Waals surface area contributed by atoms with E-state index in [-0.39, 0.29) is 17.9 Å². The Kier molecular flexibility index (Phi) is 3.68. The zero-order chi connectivity index (χ0) is 13.8. The SMILES string of the molecule is Nc1ccc(C(=O)O)cc1Oc1ccccc1CO. The zero-order valence-corrected chi connectivity index (χ0v) is 10.0. The van der Waals surface area contributed by atoms with Gasteiger partial charge in [-0.05, 0) is 24.3 Å². The van der Waals surface area contributed by atoms with Gasteiger partial charge in [0.15, 0.2) is 5.75 Å². The van der Waals surface area contributed by atoms with Crippen LogP contribution in [-0.4, -0.2) is 16.2 Å². The van der Waals surface area contributed by atoms with Crippen molar-refractivity contribution in [2.24, 2.45) is 0 Å². The summed E-state index contributed by atoms with van der Waals surface area (Å²) in [7, 11) is 0. The first-order valence-corrected chi connectivity index (χ1v) is 5.61. The molecule has 19 heavy (non-hydrogen) atoms. The molecule has 98 valence electrons. The second kappa shape index (κ2) is 5.41. The molecule has 0 unspecified atom stereocenters. The van der Waals surface area contributed by atoms with E-state index in [9.17, 15) is 9.90 Å². The quantitative estimate of drug-likeness (QED) is 0.732. The lowest BCUT2D eigenvalue weighted by Crippen LogP contribution is -2.00. The average molecular weight is 259 g/mol. The highest BCUT2D eigenvalue weighted by Crippen LogP contribution is 2.30. The summed E-state index contributed by atoms with van der Waals surface area (Å²) in [6.07, 6.45) is 0. The molecule has 2 aromatic carbocycles. The van der Waals surface area contributed by atoms with Crippen molar-refractivity contribution >= 4 is 11.7 Å². The molecule has 0 aliphatic carbocycles. The Bertz CT molecular complexity index is 610. The number of carbonyl (C=O) groups is 1. The molecular weight excluding hydrogens is 246 g/mol. The van der Waals surface area contributed by atoms with E-state index >= 15 is 0 Å². The molecule has 0 heterocycles. The van der Waals surface area contributed by atoms with Gasteiger partial charge in [0.05, 0.1) is 17.9 Å². The molecule has 2 aromatic rings. The Labute approximate surface area is 109 Å². The van der Waals surface area contributed by atoms with E-state index in [1.807, 2.05) is 0 Å². The molecule has 0 aromatic heterocycles. The Morgan fingerprint density at radius 2 is 1.89 bits per heavy atom. The van der Waals surface area contributed by atoms with Crippen molar-refractivity contribution in [3.05, 3.63) is 53.6 Å². The van der Waals surface area contributed by atoms with Crippen molar-refractivity contribution in [2.45, 2.75) is 6.61 Å². The van der Waals surface area contributed by atoms with Gasteiger partial charge < -0.3 is 20.7 Å². The number of aromatic carboxylic acids is 1. The molecule has 0 aliphatic rings. The van der Waals surface area contributed by atoms with E-state index < -0.39 is 5.97 Å². The summed E-state index contributed by atoms with van der Waals surface area (Å²) >= 11 is 0. The summed E-state index contributed by atoms with van der Waals surface area (Å²) in [6, 6.07) is 11.2. The maximum Gasteiger partial charge on any atom is 0.335 e. The minimum atomic E-state index is -1.06. The van der Waals surface area contributed by atoms with Crippen molar-refractivity contribution in [2.75, 3.05) is 5.73 Å². The van der Waals surface area contributed by atoms with E-state index in [0.717, 1.165) is 0 Å². The smallest absolute Gasteiger partial charge is 0.335 e. The summed E-state index contributed by atoms with van der Waals surface area (Å²) in [5, 5.41) is 18.1. The normalized spacial score (nSPS) is 10.2. The summed E-state index contributed by atoms with van der Waals surface area (Å²) in [6.45, 7) is -0.172. The minimum absolute atomic E-state index is 0.0886. The Balaban J connectivity index is 2.37. The lowest BCUT2D eigenvalue weighted by atomic mass is 10.2. The van der Waals surface area contributed by atoms with Crippen molar-refractivity contribution in [3.8, 4) is 11.5 Å². The molecule has 0 amide bonds. The van der Waals surface area contributed by atoms with Crippen LogP contribution >= 0.6 is 0 Å². The fraction of sp³-hybridized carbons (Fsp3) is 0.0714. The number of nitrogen functional groups attached to an aromatic ring is 1. The van der Waals surface area contributed by atoms with Crippen LogP contribution in [0.5, 0.6) is 11.5 Å². The summed E-state index contributed by atoms with van der Waals surface area (Å²) < 4.78 is 5.57. The highest BCUT2D eigenvalue weighted by molar-refractivity contribution is 5.89. The molecule has 0 spiro atoms. The molecule has 5 heteroatoms. The van der Waals surface area contributed by atoms with Gasteiger partial charge in [0, 0.05) is 5.56 Å². The van der Waals surface area contributed by atoms with Crippen LogP contribution in [0.3, 0.4) is 0 Å². The van der Waals surface area contributed by atoms with Crippen LogP contribution in [-0.2, 0) is 6.61 Å². The van der Waals surface area contributed by atoms with Crippen molar-refractivity contribution in [1.29, 1.82) is 0 Å². The minimum Gasteiger partial charge on any atom is -0.478 e. The molecule has 5 nitrogen and oxygen atoms in total. The Morgan fingerprint density at radius 1 is 1.16 bits per heavy atom. The number of hydrogen-bond donors (Lipinski definition) is 3. The first-order chi connectivity index (χ1) is 9.11. The topological polar surface area (TPSA) is 92.8 Å². The average Bonchev–Trinajstić information content (AvgIpc) is 2.41. The van der Waals surface area contributed by atoms with Gasteiger partial charge in [-0.3, -0.25) is 0 Å². The van der Waals surface area contributed by atoms with Crippen LogP contribution in [0.15, 0.2) is 42.5 Å². The van der Waals surface area contributed by atoms with Crippen LogP contribution in [0, 0.1) is 0 Å². The molecule has 2 rings (SSSR count). The van der Waals surface area contributed by atoms with Gasteiger partial charge in [0.1, 0.15) is 5.75 Å². The monoisotopic (exact) mass is 259 g/mol. The molecule has 0 saturated heterocycles. The van der Waals surface area contributed by atoms with Gasteiger partial charge in [-0.25, -0.2) is 4.79 Å². The van der Waals surface area contributed by atoms with Gasteiger partial charge >= 0.3 is 5.97 Å². The predicted octanol–water partition coefficient (Wildman–Crippen LogP) is 2.25. The second-order valence-corrected chi connectivity index (χ2v) is 3.93. The predicted molar refractivity (Wildman–Crippen MR) is 70.3 cm³/mol. The molecule has 0 aliphatic heterocycles. The number of aliphatic hydroxyl groups is 1. The molecule has 4 N–H and O–H groups in total. The number of carboxylic acids is 1. The van der Waals surface area contributed by atoms with E-state index in [0.29, 0.717) is 17.0 Å². The van der Waals surface area contributed by atoms with Gasteiger partial charge in [-0.15, -0.1) is 0 Å². The second-order valence-electron chi connectivity index (χ2n) is 3.93. The number of ether oxygens (including phenoxy) is 1. The van der Waals surface area contributed by atoms with E-state index in [1.54, 1.807) is 24.3 Å². The van der Waals surface area contributed by atoms with Crippen LogP contribution < -0.4 is 10.5 Å². The number of benzene rings is 2. The number of para-hydroxylation sites is 1. The van der Waals surface area contributed by atoms with Crippen molar-refractivity contribution in [1.82, 2.24) is 0 Å². The number of rotatable bonds is 4. The van der Waals surface area contributed by atoms with Crippen LogP contribution in [0.1, 0.15) is 15.9 Å². The molecule has 0 saturated carbocycles. The highest BCUT2D eigenvalue weighted by atomic mass is 16.5. The summed E-state index contributed by atoms with van der Waals surface area (Å²) in [5.41, 5.74) is 6.77. The molecule has 0 bridgehead atoms. The molecule has 0 radical (unpaired) electrons. The first kappa shape index (κ1) is 12.9. The van der Waals surface area contributed by atoms with Crippen LogP contribution in [0.25, 0.3) is 0 Å². The lowest BCUT2D eigenvalue weighted by molar-refractivity contribution is 0.0696. The van der Waals surface area contributed by atoms with Crippen molar-refractivity contribution < 1.29 is 19.7 Å². The maximum atomic E-state index is 10.9. The van der Waals surface area contributed by atoms with Gasteiger partial charge in [-0.1, -0.05) is 18.2 Å². The van der Waals surface area contributed by atoms with Gasteiger partial charge in [0.25, 0.3) is 0 Å². The van der Waals surface area contributed by atoms with E-state index in [1.165, 1.54) is 18.2 Å². The molecular formula is C14H13NO4. The number of anilines is 1. The van der Waals surface area contributed by atoms with Crippen LogP contribution in [0.4, 0.5) is 5.69 Å². The first-order valence-electron chi connectivity index (χ1n) is 5.61.